The van der Waals surface area contributed by atoms with E-state index in [0.717, 1.165) is 10.0 Å². The summed E-state index contributed by atoms with van der Waals surface area (Å²) in [6, 6.07) is 7.98. The number of hydrogen-bond acceptors (Lipinski definition) is 3. The van der Waals surface area contributed by atoms with Gasteiger partial charge in [0.25, 0.3) is 0 Å². The van der Waals surface area contributed by atoms with E-state index in [0.29, 0.717) is 0 Å². The van der Waals surface area contributed by atoms with E-state index >= 15 is 0 Å². The van der Waals surface area contributed by atoms with E-state index in [9.17, 15) is 4.79 Å². The Labute approximate surface area is 122 Å². The number of rotatable bonds is 6. The van der Waals surface area contributed by atoms with Crippen molar-refractivity contribution in [3.05, 3.63) is 46.5 Å². The number of methoxy groups -OCH3 is 2. The van der Waals surface area contributed by atoms with Crippen molar-refractivity contribution in [2.75, 3.05) is 14.2 Å². The zero-order valence-corrected chi connectivity index (χ0v) is 13.0. The number of carbonyl (C=O) groups is 1. The lowest BCUT2D eigenvalue weighted by molar-refractivity contribution is -0.139. The molecule has 104 valence electrons. The summed E-state index contributed by atoms with van der Waals surface area (Å²) < 4.78 is 11.2. The van der Waals surface area contributed by atoms with E-state index < -0.39 is 0 Å². The Balaban J connectivity index is 2.75. The van der Waals surface area contributed by atoms with Crippen LogP contribution in [0.2, 0.25) is 0 Å². The summed E-state index contributed by atoms with van der Waals surface area (Å²) in [7, 11) is 3.08. The molecule has 1 aromatic carbocycles. The van der Waals surface area contributed by atoms with Gasteiger partial charge in [0, 0.05) is 17.5 Å². The average molecular weight is 327 g/mol. The second kappa shape index (κ2) is 8.12. The van der Waals surface area contributed by atoms with Gasteiger partial charge < -0.3 is 9.47 Å². The van der Waals surface area contributed by atoms with E-state index in [1.54, 1.807) is 7.11 Å². The number of esters is 1. The van der Waals surface area contributed by atoms with Crippen LogP contribution < -0.4 is 0 Å². The Bertz CT molecular complexity index is 443. The lowest BCUT2D eigenvalue weighted by Crippen LogP contribution is -2.11. The topological polar surface area (TPSA) is 35.5 Å². The van der Waals surface area contributed by atoms with Gasteiger partial charge in [-0.15, -0.1) is 0 Å². The highest BCUT2D eigenvalue weighted by molar-refractivity contribution is 9.10. The average Bonchev–Trinajstić information content (AvgIpc) is 2.41. The highest BCUT2D eigenvalue weighted by Gasteiger charge is 2.18. The summed E-state index contributed by atoms with van der Waals surface area (Å²) in [6.07, 6.45) is 4.03. The van der Waals surface area contributed by atoms with Gasteiger partial charge in [-0.1, -0.05) is 53.2 Å². The molecule has 1 aromatic rings. The maximum absolute atomic E-state index is 11.0. The Morgan fingerprint density at radius 2 is 2.05 bits per heavy atom. The molecule has 0 spiro atoms. The van der Waals surface area contributed by atoms with E-state index in [1.165, 1.54) is 7.11 Å². The maximum atomic E-state index is 11.0. The van der Waals surface area contributed by atoms with Gasteiger partial charge in [-0.05, 0) is 11.6 Å². The van der Waals surface area contributed by atoms with Crippen LogP contribution in [0.3, 0.4) is 0 Å². The molecule has 3 nitrogen and oxygen atoms in total. The smallest absolute Gasteiger partial charge is 0.309 e. The van der Waals surface area contributed by atoms with Crippen molar-refractivity contribution in [2.45, 2.75) is 19.4 Å². The van der Waals surface area contributed by atoms with Crippen LogP contribution in [0.15, 0.2) is 40.9 Å². The molecule has 0 unspecified atom stereocenters. The van der Waals surface area contributed by atoms with Gasteiger partial charge in [0.2, 0.25) is 0 Å². The summed E-state index contributed by atoms with van der Waals surface area (Å²) in [5.41, 5.74) is 1.10. The second-order valence-corrected chi connectivity index (χ2v) is 5.10. The first-order valence-corrected chi connectivity index (χ1v) is 6.90. The van der Waals surface area contributed by atoms with Gasteiger partial charge in [0.1, 0.15) is 0 Å². The third-order valence-corrected chi connectivity index (χ3v) is 3.62. The number of halogens is 1. The Morgan fingerprint density at radius 1 is 1.37 bits per heavy atom. The number of carbonyl (C=O) groups excluding carboxylic acids is 1. The minimum atomic E-state index is -0.238. The summed E-state index contributed by atoms with van der Waals surface area (Å²) in [4.78, 5) is 11.0. The summed E-state index contributed by atoms with van der Waals surface area (Å²) in [6.45, 7) is 2.06. The quantitative estimate of drug-likeness (QED) is 0.587. The van der Waals surface area contributed by atoms with Crippen LogP contribution in [0, 0.1) is 5.92 Å². The largest absolute Gasteiger partial charge is 0.469 e. The molecule has 0 N–H and O–H groups in total. The zero-order valence-electron chi connectivity index (χ0n) is 11.4. The molecule has 0 amide bonds. The van der Waals surface area contributed by atoms with Gasteiger partial charge in [0.15, 0.2) is 0 Å². The van der Waals surface area contributed by atoms with E-state index in [4.69, 9.17) is 4.74 Å². The fourth-order valence-electron chi connectivity index (χ4n) is 1.89. The summed E-state index contributed by atoms with van der Waals surface area (Å²) in [5.74, 6) is -0.0772. The first-order chi connectivity index (χ1) is 9.10. The standard InChI is InChI=1S/C15H19BrO3/c1-11(7-6-10-14(17)18-2)15(19-3)12-8-4-5-9-13(12)16/h4-9,11,15H,10H2,1-3H3/t11-,15+/m1/s1. The molecular formula is C15H19BrO3. The van der Waals surface area contributed by atoms with E-state index in [-0.39, 0.29) is 24.4 Å². The number of ether oxygens (including phenoxy) is 2. The van der Waals surface area contributed by atoms with Crippen LogP contribution in [-0.2, 0) is 14.3 Å². The zero-order chi connectivity index (χ0) is 14.3. The molecule has 4 heteroatoms. The molecular weight excluding hydrogens is 308 g/mol. The molecule has 0 aliphatic rings. The van der Waals surface area contributed by atoms with Gasteiger partial charge in [-0.3, -0.25) is 4.79 Å². The Hall–Kier alpha value is -1.13. The second-order valence-electron chi connectivity index (χ2n) is 4.25. The monoisotopic (exact) mass is 326 g/mol. The minimum absolute atomic E-state index is 0.0514. The number of benzene rings is 1. The van der Waals surface area contributed by atoms with E-state index in [2.05, 4.69) is 27.6 Å². The van der Waals surface area contributed by atoms with E-state index in [1.807, 2.05) is 36.4 Å². The van der Waals surface area contributed by atoms with Gasteiger partial charge >= 0.3 is 5.97 Å². The lowest BCUT2D eigenvalue weighted by Gasteiger charge is -2.21. The Morgan fingerprint density at radius 3 is 2.63 bits per heavy atom. The molecule has 0 aromatic heterocycles. The predicted octanol–water partition coefficient (Wildman–Crippen LogP) is 3.89. The van der Waals surface area contributed by atoms with Crippen LogP contribution in [0.25, 0.3) is 0 Å². The number of hydrogen-bond donors (Lipinski definition) is 0. The highest BCUT2D eigenvalue weighted by atomic mass is 79.9. The molecule has 2 atom stereocenters. The van der Waals surface area contributed by atoms with Crippen molar-refractivity contribution in [1.82, 2.24) is 0 Å². The third kappa shape index (κ3) is 4.80. The Kier molecular flexibility index (Phi) is 6.81. The third-order valence-electron chi connectivity index (χ3n) is 2.90. The van der Waals surface area contributed by atoms with Crippen molar-refractivity contribution in [1.29, 1.82) is 0 Å². The van der Waals surface area contributed by atoms with Gasteiger partial charge in [-0.25, -0.2) is 0 Å². The van der Waals surface area contributed by atoms with Crippen molar-refractivity contribution < 1.29 is 14.3 Å². The minimum Gasteiger partial charge on any atom is -0.469 e. The molecule has 0 radical (unpaired) electrons. The first-order valence-electron chi connectivity index (χ1n) is 6.10. The van der Waals surface area contributed by atoms with Crippen molar-refractivity contribution in [3.63, 3.8) is 0 Å². The SMILES string of the molecule is COC(=O)CC=C[C@@H](C)[C@H](OC)c1ccccc1Br. The molecule has 0 aliphatic carbocycles. The van der Waals surface area contributed by atoms with Crippen LogP contribution >= 0.6 is 15.9 Å². The lowest BCUT2D eigenvalue weighted by atomic mass is 9.96. The summed E-state index contributed by atoms with van der Waals surface area (Å²) in [5, 5.41) is 0. The molecule has 1 rings (SSSR count). The van der Waals surface area contributed by atoms with Gasteiger partial charge in [0.05, 0.1) is 19.6 Å². The fraction of sp³-hybridized carbons (Fsp3) is 0.400. The van der Waals surface area contributed by atoms with Crippen LogP contribution in [0.1, 0.15) is 25.0 Å². The summed E-state index contributed by atoms with van der Waals surface area (Å²) >= 11 is 3.53. The molecule has 0 bridgehead atoms. The van der Waals surface area contributed by atoms with Crippen LogP contribution in [0.5, 0.6) is 0 Å². The van der Waals surface area contributed by atoms with Crippen molar-refractivity contribution in [3.8, 4) is 0 Å². The predicted molar refractivity (Wildman–Crippen MR) is 78.8 cm³/mol. The fourth-order valence-corrected chi connectivity index (χ4v) is 2.40. The van der Waals surface area contributed by atoms with Crippen molar-refractivity contribution >= 4 is 21.9 Å². The van der Waals surface area contributed by atoms with Crippen LogP contribution in [-0.4, -0.2) is 20.2 Å². The maximum Gasteiger partial charge on any atom is 0.309 e. The van der Waals surface area contributed by atoms with Gasteiger partial charge in [-0.2, -0.15) is 0 Å². The molecule has 0 aliphatic heterocycles. The first kappa shape index (κ1) is 15.9. The molecule has 0 heterocycles. The molecule has 0 saturated carbocycles. The molecule has 19 heavy (non-hydrogen) atoms. The normalized spacial score (nSPS) is 14.3. The van der Waals surface area contributed by atoms with Crippen LogP contribution in [0.4, 0.5) is 0 Å². The highest BCUT2D eigenvalue weighted by Crippen LogP contribution is 2.31. The molecule has 0 fully saturated rings. The molecule has 0 saturated heterocycles. The van der Waals surface area contributed by atoms with Crippen molar-refractivity contribution in [2.24, 2.45) is 5.92 Å².